The molecule has 56 valence electrons. The first-order chi connectivity index (χ1) is 5.16. The average Bonchev–Trinajstić information content (AvgIpc) is 1.99. The van der Waals surface area contributed by atoms with E-state index in [9.17, 15) is 0 Å². The zero-order valence-corrected chi connectivity index (χ0v) is 6.97. The number of aromatic nitrogens is 1. The highest BCUT2D eigenvalue weighted by atomic mass is 14.7. The Bertz CT molecular complexity index is 321. The zero-order valence-electron chi connectivity index (χ0n) is 6.97. The molecule has 2 nitrogen and oxygen atoms in total. The van der Waals surface area contributed by atoms with Gasteiger partial charge in [0.2, 0.25) is 0 Å². The zero-order chi connectivity index (χ0) is 8.43. The summed E-state index contributed by atoms with van der Waals surface area (Å²) < 4.78 is 0. The number of rotatable bonds is 0. The molecule has 0 aliphatic heterocycles. The molecule has 0 aromatic carbocycles. The minimum Gasteiger partial charge on any atom is -0.261 e. The molecule has 0 N–H and O–H groups in total. The Hall–Kier alpha value is -1.36. The first-order valence-corrected chi connectivity index (χ1v) is 3.49. The van der Waals surface area contributed by atoms with Crippen molar-refractivity contribution in [2.45, 2.75) is 20.8 Å². The maximum absolute atomic E-state index is 8.75. The molecule has 0 atom stereocenters. The van der Waals surface area contributed by atoms with Gasteiger partial charge in [0.15, 0.2) is 0 Å². The van der Waals surface area contributed by atoms with E-state index in [1.165, 1.54) is 0 Å². The fraction of sp³-hybridized carbons (Fsp3) is 0.333. The van der Waals surface area contributed by atoms with Crippen LogP contribution in [0, 0.1) is 32.1 Å². The van der Waals surface area contributed by atoms with E-state index in [2.05, 4.69) is 11.1 Å². The second kappa shape index (κ2) is 2.71. The van der Waals surface area contributed by atoms with Crippen molar-refractivity contribution < 1.29 is 0 Å². The van der Waals surface area contributed by atoms with E-state index < -0.39 is 0 Å². The molecular formula is C9H10N2. The quantitative estimate of drug-likeness (QED) is 0.560. The molecule has 0 spiro atoms. The van der Waals surface area contributed by atoms with Crippen molar-refractivity contribution >= 4 is 0 Å². The Balaban J connectivity index is 3.44. The van der Waals surface area contributed by atoms with E-state index in [1.54, 1.807) is 6.20 Å². The van der Waals surface area contributed by atoms with Gasteiger partial charge >= 0.3 is 0 Å². The van der Waals surface area contributed by atoms with Crippen molar-refractivity contribution in [3.05, 3.63) is 28.6 Å². The summed E-state index contributed by atoms with van der Waals surface area (Å²) in [5.41, 5.74) is 3.65. The third-order valence-electron chi connectivity index (χ3n) is 1.88. The smallest absolute Gasteiger partial charge is 0.0998 e. The Kier molecular flexibility index (Phi) is 1.91. The molecule has 0 radical (unpaired) electrons. The largest absolute Gasteiger partial charge is 0.261 e. The van der Waals surface area contributed by atoms with Gasteiger partial charge in [-0.25, -0.2) is 0 Å². The monoisotopic (exact) mass is 146 g/mol. The van der Waals surface area contributed by atoms with Crippen LogP contribution in [0.4, 0.5) is 0 Å². The maximum Gasteiger partial charge on any atom is 0.0998 e. The Labute approximate surface area is 66.5 Å². The minimum atomic E-state index is 0.762. The lowest BCUT2D eigenvalue weighted by Crippen LogP contribution is -1.94. The summed E-state index contributed by atoms with van der Waals surface area (Å²) >= 11 is 0. The van der Waals surface area contributed by atoms with E-state index in [4.69, 9.17) is 5.26 Å². The number of pyridine rings is 1. The first kappa shape index (κ1) is 7.74. The molecule has 0 unspecified atom stereocenters. The van der Waals surface area contributed by atoms with Crippen molar-refractivity contribution in [3.63, 3.8) is 0 Å². The molecule has 1 aromatic heterocycles. The summed E-state index contributed by atoms with van der Waals surface area (Å²) in [5, 5.41) is 8.75. The van der Waals surface area contributed by atoms with Crippen LogP contribution in [0.1, 0.15) is 22.4 Å². The molecular weight excluding hydrogens is 136 g/mol. The molecule has 0 amide bonds. The second-order valence-electron chi connectivity index (χ2n) is 2.64. The summed E-state index contributed by atoms with van der Waals surface area (Å²) in [7, 11) is 0. The standard InChI is InChI=1S/C9H10N2/c1-6-5-11-8(3)7(2)9(6)4-10/h5H,1-3H3. The fourth-order valence-corrected chi connectivity index (χ4v) is 1.00. The highest BCUT2D eigenvalue weighted by molar-refractivity contribution is 5.43. The molecule has 0 aliphatic rings. The third kappa shape index (κ3) is 1.22. The summed E-state index contributed by atoms with van der Waals surface area (Å²) in [5.74, 6) is 0. The molecule has 0 saturated heterocycles. The predicted octanol–water partition coefficient (Wildman–Crippen LogP) is 1.88. The van der Waals surface area contributed by atoms with Gasteiger partial charge in [0, 0.05) is 11.9 Å². The van der Waals surface area contributed by atoms with Gasteiger partial charge in [-0.1, -0.05) is 0 Å². The molecule has 11 heavy (non-hydrogen) atoms. The van der Waals surface area contributed by atoms with Gasteiger partial charge in [0.25, 0.3) is 0 Å². The summed E-state index contributed by atoms with van der Waals surface area (Å²) in [6, 6.07) is 2.16. The lowest BCUT2D eigenvalue weighted by Gasteiger charge is -2.02. The number of hydrogen-bond donors (Lipinski definition) is 0. The van der Waals surface area contributed by atoms with E-state index in [0.29, 0.717) is 0 Å². The fourth-order valence-electron chi connectivity index (χ4n) is 1.00. The number of nitrogens with zero attached hydrogens (tertiary/aromatic N) is 2. The van der Waals surface area contributed by atoms with E-state index >= 15 is 0 Å². The third-order valence-corrected chi connectivity index (χ3v) is 1.88. The Morgan fingerprint density at radius 1 is 1.36 bits per heavy atom. The van der Waals surface area contributed by atoms with Gasteiger partial charge in [-0.05, 0) is 31.9 Å². The number of hydrogen-bond acceptors (Lipinski definition) is 2. The molecule has 1 rings (SSSR count). The molecule has 0 fully saturated rings. The average molecular weight is 146 g/mol. The van der Waals surface area contributed by atoms with E-state index in [-0.39, 0.29) is 0 Å². The Morgan fingerprint density at radius 2 is 2.00 bits per heavy atom. The molecule has 0 bridgehead atoms. The van der Waals surface area contributed by atoms with Crippen LogP contribution in [-0.2, 0) is 0 Å². The van der Waals surface area contributed by atoms with Gasteiger partial charge in [-0.2, -0.15) is 5.26 Å². The molecule has 0 aliphatic carbocycles. The highest BCUT2D eigenvalue weighted by Crippen LogP contribution is 2.12. The summed E-state index contributed by atoms with van der Waals surface area (Å²) in [4.78, 5) is 4.14. The van der Waals surface area contributed by atoms with Crippen molar-refractivity contribution in [3.8, 4) is 6.07 Å². The lowest BCUT2D eigenvalue weighted by molar-refractivity contribution is 1.11. The van der Waals surface area contributed by atoms with Crippen molar-refractivity contribution in [1.82, 2.24) is 4.98 Å². The molecule has 0 saturated carbocycles. The topological polar surface area (TPSA) is 36.7 Å². The van der Waals surface area contributed by atoms with Gasteiger partial charge in [-0.3, -0.25) is 4.98 Å². The minimum absolute atomic E-state index is 0.762. The summed E-state index contributed by atoms with van der Waals surface area (Å²) in [6.45, 7) is 5.74. The van der Waals surface area contributed by atoms with Crippen LogP contribution in [0.2, 0.25) is 0 Å². The van der Waals surface area contributed by atoms with Gasteiger partial charge in [0.05, 0.1) is 11.6 Å². The van der Waals surface area contributed by atoms with E-state index in [1.807, 2.05) is 20.8 Å². The number of nitriles is 1. The highest BCUT2D eigenvalue weighted by Gasteiger charge is 2.03. The van der Waals surface area contributed by atoms with Gasteiger partial charge < -0.3 is 0 Å². The molecule has 2 heteroatoms. The SMILES string of the molecule is Cc1cnc(C)c(C)c1C#N. The van der Waals surface area contributed by atoms with Gasteiger partial charge in [0.1, 0.15) is 0 Å². The van der Waals surface area contributed by atoms with Crippen LogP contribution in [0.15, 0.2) is 6.20 Å². The van der Waals surface area contributed by atoms with Crippen LogP contribution < -0.4 is 0 Å². The van der Waals surface area contributed by atoms with Crippen LogP contribution in [-0.4, -0.2) is 4.98 Å². The molecule has 1 aromatic rings. The normalized spacial score (nSPS) is 9.27. The maximum atomic E-state index is 8.75. The van der Waals surface area contributed by atoms with Gasteiger partial charge in [-0.15, -0.1) is 0 Å². The van der Waals surface area contributed by atoms with E-state index in [0.717, 1.165) is 22.4 Å². The summed E-state index contributed by atoms with van der Waals surface area (Å²) in [6.07, 6.45) is 1.74. The van der Waals surface area contributed by atoms with Crippen molar-refractivity contribution in [2.24, 2.45) is 0 Å². The number of aryl methyl sites for hydroxylation is 2. The second-order valence-corrected chi connectivity index (χ2v) is 2.64. The first-order valence-electron chi connectivity index (χ1n) is 3.49. The van der Waals surface area contributed by atoms with Crippen molar-refractivity contribution in [2.75, 3.05) is 0 Å². The van der Waals surface area contributed by atoms with Crippen LogP contribution >= 0.6 is 0 Å². The molecule has 1 heterocycles. The van der Waals surface area contributed by atoms with Crippen molar-refractivity contribution in [1.29, 1.82) is 5.26 Å². The van der Waals surface area contributed by atoms with Crippen LogP contribution in [0.25, 0.3) is 0 Å². The Morgan fingerprint density at radius 3 is 2.45 bits per heavy atom. The lowest BCUT2D eigenvalue weighted by atomic mass is 10.1. The van der Waals surface area contributed by atoms with Crippen LogP contribution in [0.5, 0.6) is 0 Å². The predicted molar refractivity (Wildman–Crippen MR) is 43.2 cm³/mol. The van der Waals surface area contributed by atoms with Crippen LogP contribution in [0.3, 0.4) is 0 Å².